The van der Waals surface area contributed by atoms with Crippen LogP contribution in [0.1, 0.15) is 52.9 Å². The summed E-state index contributed by atoms with van der Waals surface area (Å²) in [7, 11) is 0. The lowest BCUT2D eigenvalue weighted by Crippen LogP contribution is -2.49. The molecule has 1 N–H and O–H groups in total. The third-order valence-electron chi connectivity index (χ3n) is 4.25. The first-order valence-electron chi connectivity index (χ1n) is 7.06. The first-order chi connectivity index (χ1) is 7.57. The van der Waals surface area contributed by atoms with Gasteiger partial charge in [-0.2, -0.15) is 0 Å². The second-order valence-electron chi connectivity index (χ2n) is 6.56. The predicted octanol–water partition coefficient (Wildman–Crippen LogP) is 2.64. The van der Waals surface area contributed by atoms with Crippen molar-refractivity contribution in [2.45, 2.75) is 64.5 Å². The summed E-state index contributed by atoms with van der Waals surface area (Å²) in [5.74, 6) is 0.943. The zero-order valence-electron chi connectivity index (χ0n) is 11.3. The lowest BCUT2D eigenvalue weighted by molar-refractivity contribution is 0.118. The molecule has 1 aliphatic heterocycles. The van der Waals surface area contributed by atoms with Crippen LogP contribution in [0.25, 0.3) is 0 Å². The van der Waals surface area contributed by atoms with Crippen molar-refractivity contribution in [3.05, 3.63) is 0 Å². The lowest BCUT2D eigenvalue weighted by atomic mass is 9.85. The smallest absolute Gasteiger partial charge is 0.0252 e. The van der Waals surface area contributed by atoms with Gasteiger partial charge < -0.3 is 5.32 Å². The molecule has 2 heteroatoms. The molecule has 16 heavy (non-hydrogen) atoms. The minimum Gasteiger partial charge on any atom is -0.310 e. The van der Waals surface area contributed by atoms with Crippen LogP contribution in [0.15, 0.2) is 0 Å². The summed E-state index contributed by atoms with van der Waals surface area (Å²) < 4.78 is 0. The van der Waals surface area contributed by atoms with E-state index in [1.54, 1.807) is 0 Å². The molecule has 0 amide bonds. The van der Waals surface area contributed by atoms with Gasteiger partial charge in [0.2, 0.25) is 0 Å². The highest BCUT2D eigenvalue weighted by Gasteiger charge is 2.30. The van der Waals surface area contributed by atoms with Crippen molar-refractivity contribution in [2.24, 2.45) is 5.92 Å². The fourth-order valence-corrected chi connectivity index (χ4v) is 3.40. The van der Waals surface area contributed by atoms with Crippen molar-refractivity contribution in [3.63, 3.8) is 0 Å². The zero-order chi connectivity index (χ0) is 11.6. The molecule has 2 nitrogen and oxygen atoms in total. The molecular formula is C14H28N2. The van der Waals surface area contributed by atoms with Gasteiger partial charge in [0, 0.05) is 18.1 Å². The van der Waals surface area contributed by atoms with Crippen molar-refractivity contribution in [1.82, 2.24) is 10.2 Å². The molecule has 2 aliphatic rings. The van der Waals surface area contributed by atoms with Gasteiger partial charge in [0.25, 0.3) is 0 Å². The highest BCUT2D eigenvalue weighted by molar-refractivity contribution is 4.89. The van der Waals surface area contributed by atoms with E-state index >= 15 is 0 Å². The Morgan fingerprint density at radius 3 is 2.75 bits per heavy atom. The molecule has 2 rings (SSSR count). The average Bonchev–Trinajstić information content (AvgIpc) is 2.39. The average molecular weight is 224 g/mol. The first-order valence-corrected chi connectivity index (χ1v) is 7.06. The maximum atomic E-state index is 3.66. The van der Waals surface area contributed by atoms with Crippen LogP contribution in [0, 0.1) is 5.92 Å². The molecule has 0 radical (unpaired) electrons. The maximum Gasteiger partial charge on any atom is 0.0252 e. The minimum absolute atomic E-state index is 0.303. The van der Waals surface area contributed by atoms with Crippen LogP contribution in [0.2, 0.25) is 0 Å². The Balaban J connectivity index is 1.96. The summed E-state index contributed by atoms with van der Waals surface area (Å²) in [6.45, 7) is 10.8. The van der Waals surface area contributed by atoms with E-state index in [0.29, 0.717) is 5.54 Å². The molecule has 0 aromatic rings. The van der Waals surface area contributed by atoms with Crippen LogP contribution in [0.4, 0.5) is 0 Å². The van der Waals surface area contributed by atoms with Gasteiger partial charge in [0.15, 0.2) is 0 Å². The molecule has 0 bridgehead atoms. The topological polar surface area (TPSA) is 15.3 Å². The SMILES string of the molecule is CC1CCCC(N2CCCNC(C)(C)C2)C1. The highest BCUT2D eigenvalue weighted by Crippen LogP contribution is 2.28. The standard InChI is InChI=1S/C14H28N2/c1-12-6-4-7-13(10-12)16-9-5-8-15-14(2,3)11-16/h12-13,15H,4-11H2,1-3H3. The van der Waals surface area contributed by atoms with Gasteiger partial charge in [-0.25, -0.2) is 0 Å². The Morgan fingerprint density at radius 2 is 2.00 bits per heavy atom. The van der Waals surface area contributed by atoms with E-state index in [0.717, 1.165) is 12.0 Å². The van der Waals surface area contributed by atoms with E-state index in [9.17, 15) is 0 Å². The van der Waals surface area contributed by atoms with Crippen molar-refractivity contribution >= 4 is 0 Å². The molecule has 2 fully saturated rings. The van der Waals surface area contributed by atoms with Gasteiger partial charge in [-0.15, -0.1) is 0 Å². The molecule has 1 saturated heterocycles. The lowest BCUT2D eigenvalue weighted by Gasteiger charge is -2.39. The van der Waals surface area contributed by atoms with Crippen molar-refractivity contribution in [1.29, 1.82) is 0 Å². The Hall–Kier alpha value is -0.0800. The molecule has 1 heterocycles. The highest BCUT2D eigenvalue weighted by atomic mass is 15.2. The molecule has 0 spiro atoms. The van der Waals surface area contributed by atoms with Crippen LogP contribution in [-0.2, 0) is 0 Å². The summed E-state index contributed by atoms with van der Waals surface area (Å²) in [4.78, 5) is 2.76. The van der Waals surface area contributed by atoms with E-state index < -0.39 is 0 Å². The summed E-state index contributed by atoms with van der Waals surface area (Å²) in [5.41, 5.74) is 0.303. The largest absolute Gasteiger partial charge is 0.310 e. The van der Waals surface area contributed by atoms with Gasteiger partial charge >= 0.3 is 0 Å². The van der Waals surface area contributed by atoms with E-state index in [1.165, 1.54) is 51.7 Å². The Morgan fingerprint density at radius 1 is 1.19 bits per heavy atom. The van der Waals surface area contributed by atoms with Gasteiger partial charge in [0.05, 0.1) is 0 Å². The molecule has 1 saturated carbocycles. The maximum absolute atomic E-state index is 3.66. The Kier molecular flexibility index (Phi) is 3.91. The normalized spacial score (nSPS) is 36.9. The van der Waals surface area contributed by atoms with Crippen LogP contribution < -0.4 is 5.32 Å². The third kappa shape index (κ3) is 3.21. The van der Waals surface area contributed by atoms with Crippen molar-refractivity contribution in [3.8, 4) is 0 Å². The second-order valence-corrected chi connectivity index (χ2v) is 6.56. The molecule has 0 aromatic carbocycles. The first kappa shape index (κ1) is 12.4. The minimum atomic E-state index is 0.303. The number of nitrogens with one attached hydrogen (secondary N) is 1. The van der Waals surface area contributed by atoms with Crippen LogP contribution >= 0.6 is 0 Å². The van der Waals surface area contributed by atoms with Gasteiger partial charge in [-0.05, 0) is 52.1 Å². The third-order valence-corrected chi connectivity index (χ3v) is 4.25. The molecule has 94 valence electrons. The molecular weight excluding hydrogens is 196 g/mol. The zero-order valence-corrected chi connectivity index (χ0v) is 11.3. The van der Waals surface area contributed by atoms with Crippen LogP contribution in [0.3, 0.4) is 0 Å². The van der Waals surface area contributed by atoms with Crippen LogP contribution in [-0.4, -0.2) is 36.1 Å². The number of nitrogens with zero attached hydrogens (tertiary/aromatic N) is 1. The van der Waals surface area contributed by atoms with Crippen LogP contribution in [0.5, 0.6) is 0 Å². The van der Waals surface area contributed by atoms with E-state index in [1.807, 2.05) is 0 Å². The molecule has 2 atom stereocenters. The summed E-state index contributed by atoms with van der Waals surface area (Å²) in [5, 5.41) is 3.66. The summed E-state index contributed by atoms with van der Waals surface area (Å²) >= 11 is 0. The monoisotopic (exact) mass is 224 g/mol. The number of rotatable bonds is 1. The van der Waals surface area contributed by atoms with Gasteiger partial charge in [-0.1, -0.05) is 19.8 Å². The van der Waals surface area contributed by atoms with E-state index in [4.69, 9.17) is 0 Å². The molecule has 2 unspecified atom stereocenters. The van der Waals surface area contributed by atoms with Crippen molar-refractivity contribution < 1.29 is 0 Å². The van der Waals surface area contributed by atoms with Crippen molar-refractivity contribution in [2.75, 3.05) is 19.6 Å². The van der Waals surface area contributed by atoms with E-state index in [-0.39, 0.29) is 0 Å². The Labute approximate surface area is 101 Å². The predicted molar refractivity (Wildman–Crippen MR) is 69.7 cm³/mol. The molecule has 1 aliphatic carbocycles. The summed E-state index contributed by atoms with van der Waals surface area (Å²) in [6.07, 6.45) is 7.06. The number of hydrogen-bond acceptors (Lipinski definition) is 2. The Bertz CT molecular complexity index is 225. The fourth-order valence-electron chi connectivity index (χ4n) is 3.40. The summed E-state index contributed by atoms with van der Waals surface area (Å²) in [6, 6.07) is 0.864. The van der Waals surface area contributed by atoms with E-state index in [2.05, 4.69) is 31.0 Å². The molecule has 0 aromatic heterocycles. The van der Waals surface area contributed by atoms with Gasteiger partial charge in [0.1, 0.15) is 0 Å². The fraction of sp³-hybridized carbons (Fsp3) is 1.00. The second kappa shape index (κ2) is 5.05. The number of hydrogen-bond donors (Lipinski definition) is 1. The quantitative estimate of drug-likeness (QED) is 0.736. The van der Waals surface area contributed by atoms with Gasteiger partial charge in [-0.3, -0.25) is 4.90 Å².